The van der Waals surface area contributed by atoms with Gasteiger partial charge in [0.2, 0.25) is 0 Å². The number of amides is 1. The van der Waals surface area contributed by atoms with Crippen molar-refractivity contribution < 1.29 is 9.53 Å². The van der Waals surface area contributed by atoms with E-state index in [1.807, 2.05) is 12.1 Å². The van der Waals surface area contributed by atoms with Gasteiger partial charge in [-0.1, -0.05) is 11.6 Å². The summed E-state index contributed by atoms with van der Waals surface area (Å²) in [7, 11) is 3.32. The summed E-state index contributed by atoms with van der Waals surface area (Å²) in [6, 6.07) is 12.4. The summed E-state index contributed by atoms with van der Waals surface area (Å²) in [4.78, 5) is 18.1. The molecule has 0 aliphatic carbocycles. The summed E-state index contributed by atoms with van der Waals surface area (Å²) in [6.07, 6.45) is 4.22. The number of carbonyl (C=O) groups is 1. The van der Waals surface area contributed by atoms with E-state index in [1.54, 1.807) is 61.8 Å². The number of carbonyl (C=O) groups excluding carboxylic acids is 1. The zero-order valence-electron chi connectivity index (χ0n) is 15.6. The van der Waals surface area contributed by atoms with Crippen molar-refractivity contribution in [3.63, 3.8) is 0 Å². The molecule has 8 heteroatoms. The number of hydrogen-bond acceptors (Lipinski definition) is 6. The molecule has 2 aromatic heterocycles. The van der Waals surface area contributed by atoms with Gasteiger partial charge in [0.05, 0.1) is 12.8 Å². The lowest BCUT2D eigenvalue weighted by Crippen LogP contribution is -2.29. The largest absolute Gasteiger partial charge is 0.495 e. The lowest BCUT2D eigenvalue weighted by Gasteiger charge is -2.16. The second-order valence-corrected chi connectivity index (χ2v) is 6.54. The van der Waals surface area contributed by atoms with E-state index in [4.69, 9.17) is 16.3 Å². The normalized spacial score (nSPS) is 10.4. The Kier molecular flexibility index (Phi) is 6.39. The molecule has 1 N–H and O–H groups in total. The molecule has 0 saturated carbocycles. The highest BCUT2D eigenvalue weighted by atomic mass is 35.5. The van der Waals surface area contributed by atoms with Crippen LogP contribution in [0.25, 0.3) is 0 Å². The van der Waals surface area contributed by atoms with Gasteiger partial charge in [0.25, 0.3) is 5.91 Å². The molecule has 0 radical (unpaired) electrons. The number of rotatable bonds is 7. The number of methoxy groups -OCH3 is 1. The summed E-state index contributed by atoms with van der Waals surface area (Å²) in [5.41, 5.74) is 2.06. The van der Waals surface area contributed by atoms with E-state index in [0.29, 0.717) is 28.8 Å². The van der Waals surface area contributed by atoms with Crippen molar-refractivity contribution in [3.05, 3.63) is 71.1 Å². The number of aromatic nitrogens is 3. The fraction of sp³-hybridized carbons (Fsp3) is 0.200. The summed E-state index contributed by atoms with van der Waals surface area (Å²) < 4.78 is 5.30. The molecule has 1 aromatic carbocycles. The molecule has 1 amide bonds. The second kappa shape index (κ2) is 9.14. The zero-order chi connectivity index (χ0) is 19.9. The molecular formula is C20H20ClN5O2. The minimum absolute atomic E-state index is 0.187. The molecular weight excluding hydrogens is 378 g/mol. The molecule has 3 aromatic rings. The van der Waals surface area contributed by atoms with Gasteiger partial charge in [0, 0.05) is 31.0 Å². The van der Waals surface area contributed by atoms with Crippen molar-refractivity contribution in [1.82, 2.24) is 20.1 Å². The Labute approximate surface area is 168 Å². The van der Waals surface area contributed by atoms with Crippen LogP contribution in [-0.4, -0.2) is 46.7 Å². The van der Waals surface area contributed by atoms with Crippen molar-refractivity contribution in [2.45, 2.75) is 6.42 Å². The van der Waals surface area contributed by atoms with E-state index < -0.39 is 0 Å². The average Bonchev–Trinajstić information content (AvgIpc) is 2.73. The quantitative estimate of drug-likeness (QED) is 0.656. The molecule has 28 heavy (non-hydrogen) atoms. The number of nitrogens with one attached hydrogen (secondary N) is 1. The van der Waals surface area contributed by atoms with E-state index in [2.05, 4.69) is 20.5 Å². The lowest BCUT2D eigenvalue weighted by molar-refractivity contribution is 0.0789. The number of ether oxygens (including phenoxy) is 1. The molecule has 3 rings (SSSR count). The maximum absolute atomic E-state index is 12.5. The smallest absolute Gasteiger partial charge is 0.274 e. The number of hydrogen-bond donors (Lipinski definition) is 1. The van der Waals surface area contributed by atoms with Crippen LogP contribution < -0.4 is 10.1 Å². The van der Waals surface area contributed by atoms with Gasteiger partial charge in [-0.3, -0.25) is 9.78 Å². The zero-order valence-corrected chi connectivity index (χ0v) is 16.3. The minimum atomic E-state index is -0.187. The summed E-state index contributed by atoms with van der Waals surface area (Å²) in [5, 5.41) is 11.8. The first-order chi connectivity index (χ1) is 13.6. The van der Waals surface area contributed by atoms with E-state index >= 15 is 0 Å². The average molecular weight is 398 g/mol. The molecule has 0 saturated heterocycles. The Balaban J connectivity index is 1.63. The fourth-order valence-corrected chi connectivity index (χ4v) is 2.74. The highest BCUT2D eigenvalue weighted by molar-refractivity contribution is 6.31. The van der Waals surface area contributed by atoms with Crippen LogP contribution in [0.15, 0.2) is 54.9 Å². The van der Waals surface area contributed by atoms with Crippen LogP contribution >= 0.6 is 11.6 Å². The van der Waals surface area contributed by atoms with E-state index in [-0.39, 0.29) is 11.6 Å². The molecule has 0 unspecified atom stereocenters. The SMILES string of the molecule is COc1ccc(Cl)cc1Nc1ccc(C(=O)N(C)CCc2ccncc2)nn1. The van der Waals surface area contributed by atoms with Crippen LogP contribution in [0, 0.1) is 0 Å². The molecule has 0 bridgehead atoms. The number of pyridine rings is 1. The predicted octanol–water partition coefficient (Wildman–Crippen LogP) is 3.59. The maximum Gasteiger partial charge on any atom is 0.274 e. The van der Waals surface area contributed by atoms with Crippen molar-refractivity contribution in [2.24, 2.45) is 0 Å². The van der Waals surface area contributed by atoms with E-state index in [1.165, 1.54) is 0 Å². The van der Waals surface area contributed by atoms with Crippen LogP contribution in [0.3, 0.4) is 0 Å². The Morgan fingerprint density at radius 1 is 1.14 bits per heavy atom. The maximum atomic E-state index is 12.5. The van der Waals surface area contributed by atoms with Crippen molar-refractivity contribution in [2.75, 3.05) is 26.0 Å². The van der Waals surface area contributed by atoms with Gasteiger partial charge in [-0.15, -0.1) is 10.2 Å². The van der Waals surface area contributed by atoms with Gasteiger partial charge in [-0.05, 0) is 54.4 Å². The van der Waals surface area contributed by atoms with Crippen LogP contribution in [0.1, 0.15) is 16.1 Å². The molecule has 0 atom stereocenters. The molecule has 7 nitrogen and oxygen atoms in total. The second-order valence-electron chi connectivity index (χ2n) is 6.11. The summed E-state index contributed by atoms with van der Waals surface area (Å²) in [5.74, 6) is 0.923. The predicted molar refractivity (Wildman–Crippen MR) is 108 cm³/mol. The number of benzene rings is 1. The highest BCUT2D eigenvalue weighted by Gasteiger charge is 2.14. The Bertz CT molecular complexity index is 935. The molecule has 2 heterocycles. The number of likely N-dealkylation sites (N-methyl/N-ethyl adjacent to an activating group) is 1. The fourth-order valence-electron chi connectivity index (χ4n) is 2.57. The van der Waals surface area contributed by atoms with Gasteiger partial charge in [0.1, 0.15) is 5.75 Å². The monoisotopic (exact) mass is 397 g/mol. The number of halogens is 1. The topological polar surface area (TPSA) is 80.2 Å². The van der Waals surface area contributed by atoms with Gasteiger partial charge in [-0.25, -0.2) is 0 Å². The highest BCUT2D eigenvalue weighted by Crippen LogP contribution is 2.29. The number of nitrogens with zero attached hydrogens (tertiary/aromatic N) is 4. The summed E-state index contributed by atoms with van der Waals surface area (Å²) >= 11 is 6.03. The third-order valence-corrected chi connectivity index (χ3v) is 4.37. The standard InChI is InChI=1S/C20H20ClN5O2/c1-26(12-9-14-7-10-22-11-8-14)20(27)16-4-6-19(25-24-16)23-17-13-15(21)3-5-18(17)28-2/h3-8,10-11,13H,9,12H2,1-2H3,(H,23,25). The molecule has 0 spiro atoms. The van der Waals surface area contributed by atoms with Crippen molar-refractivity contribution >= 4 is 29.0 Å². The van der Waals surface area contributed by atoms with E-state index in [0.717, 1.165) is 12.0 Å². The third kappa shape index (κ3) is 4.95. The first-order valence-corrected chi connectivity index (χ1v) is 9.03. The van der Waals surface area contributed by atoms with Gasteiger partial charge < -0.3 is 15.0 Å². The van der Waals surface area contributed by atoms with Crippen LogP contribution in [0.4, 0.5) is 11.5 Å². The first kappa shape index (κ1) is 19.6. The van der Waals surface area contributed by atoms with Crippen molar-refractivity contribution in [3.8, 4) is 5.75 Å². The third-order valence-electron chi connectivity index (χ3n) is 4.14. The molecule has 0 aliphatic rings. The molecule has 0 fully saturated rings. The summed E-state index contributed by atoms with van der Waals surface area (Å²) in [6.45, 7) is 0.574. The Hall–Kier alpha value is -3.19. The Morgan fingerprint density at radius 3 is 2.61 bits per heavy atom. The van der Waals surface area contributed by atoms with Gasteiger partial charge in [-0.2, -0.15) is 0 Å². The first-order valence-electron chi connectivity index (χ1n) is 8.65. The number of anilines is 2. The molecule has 144 valence electrons. The van der Waals surface area contributed by atoms with Gasteiger partial charge in [0.15, 0.2) is 11.5 Å². The minimum Gasteiger partial charge on any atom is -0.495 e. The van der Waals surface area contributed by atoms with E-state index in [9.17, 15) is 4.79 Å². The van der Waals surface area contributed by atoms with Crippen molar-refractivity contribution in [1.29, 1.82) is 0 Å². The van der Waals surface area contributed by atoms with Crippen LogP contribution in [-0.2, 0) is 6.42 Å². The van der Waals surface area contributed by atoms with Crippen LogP contribution in [0.5, 0.6) is 5.75 Å². The lowest BCUT2D eigenvalue weighted by atomic mass is 10.2. The Morgan fingerprint density at radius 2 is 1.93 bits per heavy atom. The van der Waals surface area contributed by atoms with Gasteiger partial charge >= 0.3 is 0 Å². The molecule has 0 aliphatic heterocycles. The van der Waals surface area contributed by atoms with Crippen LogP contribution in [0.2, 0.25) is 5.02 Å².